The Kier molecular flexibility index (Phi) is 3.59. The normalized spacial score (nSPS) is 13.1. The van der Waals surface area contributed by atoms with Crippen LogP contribution < -0.4 is 5.73 Å². The van der Waals surface area contributed by atoms with Gasteiger partial charge in [-0.3, -0.25) is 9.69 Å². The monoisotopic (exact) mass is 248 g/mol. The van der Waals surface area contributed by atoms with Crippen LogP contribution in [0.2, 0.25) is 0 Å². The van der Waals surface area contributed by atoms with Crippen LogP contribution in [0.25, 0.3) is 11.0 Å². The molecule has 1 unspecified atom stereocenters. The first kappa shape index (κ1) is 12.5. The highest BCUT2D eigenvalue weighted by atomic mass is 16.4. The average molecular weight is 248 g/mol. The Labute approximate surface area is 104 Å². The highest BCUT2D eigenvalue weighted by Gasteiger charge is 2.14. The molecule has 1 atom stereocenters. The predicted molar refractivity (Wildman–Crippen MR) is 68.0 cm³/mol. The van der Waals surface area contributed by atoms with E-state index in [1.165, 1.54) is 0 Å². The number of aliphatic carboxylic acids is 1. The van der Waals surface area contributed by atoms with Crippen molar-refractivity contribution in [1.29, 1.82) is 0 Å². The van der Waals surface area contributed by atoms with Crippen LogP contribution in [-0.2, 0) is 11.3 Å². The van der Waals surface area contributed by atoms with E-state index in [4.69, 9.17) is 10.8 Å². The summed E-state index contributed by atoms with van der Waals surface area (Å²) in [6.45, 7) is 0.965. The summed E-state index contributed by atoms with van der Waals surface area (Å²) in [5.74, 6) is -0.981. The van der Waals surface area contributed by atoms with Gasteiger partial charge >= 0.3 is 5.97 Å². The van der Waals surface area contributed by atoms with E-state index in [0.29, 0.717) is 13.1 Å². The zero-order valence-corrected chi connectivity index (χ0v) is 10.1. The van der Waals surface area contributed by atoms with E-state index in [-0.39, 0.29) is 0 Å². The van der Waals surface area contributed by atoms with Gasteiger partial charge in [0.25, 0.3) is 0 Å². The molecular formula is C12H16N4O2. The number of fused-ring (bicyclic) bond motifs is 1. The smallest absolute Gasteiger partial charge is 0.321 e. The van der Waals surface area contributed by atoms with Crippen molar-refractivity contribution in [3.63, 3.8) is 0 Å². The summed E-state index contributed by atoms with van der Waals surface area (Å²) in [6, 6.07) is 5.06. The molecule has 2 aromatic rings. The maximum atomic E-state index is 10.7. The Morgan fingerprint density at radius 1 is 1.61 bits per heavy atom. The number of carboxylic acids is 1. The molecule has 96 valence electrons. The summed E-state index contributed by atoms with van der Waals surface area (Å²) < 4.78 is 0. The van der Waals surface area contributed by atoms with Gasteiger partial charge in [0.15, 0.2) is 0 Å². The average Bonchev–Trinajstić information content (AvgIpc) is 2.75. The summed E-state index contributed by atoms with van der Waals surface area (Å²) in [4.78, 5) is 19.7. The van der Waals surface area contributed by atoms with E-state index in [1.54, 1.807) is 6.33 Å². The van der Waals surface area contributed by atoms with Crippen molar-refractivity contribution in [2.75, 3.05) is 13.6 Å². The van der Waals surface area contributed by atoms with E-state index in [1.807, 2.05) is 30.1 Å². The molecule has 4 N–H and O–H groups in total. The first-order valence-electron chi connectivity index (χ1n) is 5.65. The van der Waals surface area contributed by atoms with Crippen LogP contribution in [-0.4, -0.2) is 45.6 Å². The number of aromatic amines is 1. The molecule has 2 rings (SSSR count). The zero-order valence-electron chi connectivity index (χ0n) is 10.1. The summed E-state index contributed by atoms with van der Waals surface area (Å²) in [5, 5.41) is 8.75. The van der Waals surface area contributed by atoms with Gasteiger partial charge in [0.1, 0.15) is 6.04 Å². The molecule has 0 saturated carbocycles. The van der Waals surface area contributed by atoms with Crippen molar-refractivity contribution >= 4 is 17.0 Å². The SMILES string of the molecule is CN(Cc1ccc2nc[nH]c2c1)CC(N)C(=O)O. The van der Waals surface area contributed by atoms with Crippen LogP contribution in [0.4, 0.5) is 0 Å². The molecule has 1 heterocycles. The van der Waals surface area contributed by atoms with Gasteiger partial charge in [0.05, 0.1) is 17.4 Å². The van der Waals surface area contributed by atoms with Crippen molar-refractivity contribution in [2.24, 2.45) is 5.73 Å². The van der Waals surface area contributed by atoms with Gasteiger partial charge < -0.3 is 15.8 Å². The highest BCUT2D eigenvalue weighted by Crippen LogP contribution is 2.12. The molecule has 6 heteroatoms. The number of nitrogens with two attached hydrogens (primary N) is 1. The number of carbonyl (C=O) groups is 1. The number of hydrogen-bond donors (Lipinski definition) is 3. The zero-order chi connectivity index (χ0) is 13.1. The lowest BCUT2D eigenvalue weighted by atomic mass is 10.2. The fourth-order valence-corrected chi connectivity index (χ4v) is 1.87. The standard InChI is InChI=1S/C12H16N4O2/c1-16(6-9(13)12(17)18)5-8-2-3-10-11(4-8)15-7-14-10/h2-4,7,9H,5-6,13H2,1H3,(H,14,15)(H,17,18). The van der Waals surface area contributed by atoms with Crippen molar-refractivity contribution < 1.29 is 9.90 Å². The summed E-state index contributed by atoms with van der Waals surface area (Å²) in [7, 11) is 1.85. The van der Waals surface area contributed by atoms with Gasteiger partial charge in [-0.2, -0.15) is 0 Å². The lowest BCUT2D eigenvalue weighted by Crippen LogP contribution is -2.40. The lowest BCUT2D eigenvalue weighted by molar-refractivity contribution is -0.138. The van der Waals surface area contributed by atoms with E-state index < -0.39 is 12.0 Å². The van der Waals surface area contributed by atoms with Crippen LogP contribution in [0.1, 0.15) is 5.56 Å². The van der Waals surface area contributed by atoms with Gasteiger partial charge in [-0.15, -0.1) is 0 Å². The van der Waals surface area contributed by atoms with Crippen molar-refractivity contribution in [2.45, 2.75) is 12.6 Å². The molecule has 0 aliphatic carbocycles. The first-order valence-corrected chi connectivity index (χ1v) is 5.65. The molecule has 1 aromatic heterocycles. The molecule has 0 aliphatic rings. The number of nitrogens with one attached hydrogen (secondary N) is 1. The fraction of sp³-hybridized carbons (Fsp3) is 0.333. The van der Waals surface area contributed by atoms with E-state index in [2.05, 4.69) is 9.97 Å². The number of imidazole rings is 1. The van der Waals surface area contributed by atoms with E-state index in [9.17, 15) is 4.79 Å². The number of rotatable bonds is 5. The van der Waals surface area contributed by atoms with Gasteiger partial charge in [-0.1, -0.05) is 6.07 Å². The van der Waals surface area contributed by atoms with Crippen LogP contribution in [0.5, 0.6) is 0 Å². The number of likely N-dealkylation sites (N-methyl/N-ethyl adjacent to an activating group) is 1. The van der Waals surface area contributed by atoms with Crippen LogP contribution >= 0.6 is 0 Å². The molecule has 6 nitrogen and oxygen atoms in total. The van der Waals surface area contributed by atoms with Crippen molar-refractivity contribution in [3.05, 3.63) is 30.1 Å². The second kappa shape index (κ2) is 5.16. The largest absolute Gasteiger partial charge is 0.480 e. The number of nitrogens with zero attached hydrogens (tertiary/aromatic N) is 2. The first-order chi connectivity index (χ1) is 8.56. The Hall–Kier alpha value is -1.92. The second-order valence-corrected chi connectivity index (χ2v) is 4.40. The Morgan fingerprint density at radius 3 is 3.11 bits per heavy atom. The number of hydrogen-bond acceptors (Lipinski definition) is 4. The Balaban J connectivity index is 2.01. The predicted octanol–water partition coefficient (Wildman–Crippen LogP) is 0.407. The molecule has 0 fully saturated rings. The molecule has 18 heavy (non-hydrogen) atoms. The number of carboxylic acid groups (broad SMARTS) is 1. The van der Waals surface area contributed by atoms with Crippen LogP contribution in [0, 0.1) is 0 Å². The minimum atomic E-state index is -0.981. The molecule has 0 amide bonds. The number of benzene rings is 1. The molecule has 0 spiro atoms. The number of H-pyrrole nitrogens is 1. The van der Waals surface area contributed by atoms with Crippen LogP contribution in [0.15, 0.2) is 24.5 Å². The molecule has 0 bridgehead atoms. The summed E-state index contributed by atoms with van der Waals surface area (Å²) in [6.07, 6.45) is 1.65. The topological polar surface area (TPSA) is 95.2 Å². The summed E-state index contributed by atoms with van der Waals surface area (Å²) in [5.41, 5.74) is 8.47. The van der Waals surface area contributed by atoms with Crippen molar-refractivity contribution in [3.8, 4) is 0 Å². The van der Waals surface area contributed by atoms with Gasteiger partial charge in [-0.05, 0) is 24.7 Å². The molecule has 0 saturated heterocycles. The third kappa shape index (κ3) is 2.85. The second-order valence-electron chi connectivity index (χ2n) is 4.40. The minimum absolute atomic E-state index is 0.316. The Bertz CT molecular complexity index is 552. The van der Waals surface area contributed by atoms with Crippen LogP contribution in [0.3, 0.4) is 0 Å². The maximum absolute atomic E-state index is 10.7. The maximum Gasteiger partial charge on any atom is 0.321 e. The molecule has 0 aliphatic heterocycles. The summed E-state index contributed by atoms with van der Waals surface area (Å²) >= 11 is 0. The molecule has 1 aromatic carbocycles. The van der Waals surface area contributed by atoms with E-state index >= 15 is 0 Å². The lowest BCUT2D eigenvalue weighted by Gasteiger charge is -2.18. The van der Waals surface area contributed by atoms with E-state index in [0.717, 1.165) is 16.6 Å². The highest BCUT2D eigenvalue weighted by molar-refractivity contribution is 5.75. The third-order valence-electron chi connectivity index (χ3n) is 2.76. The molecule has 0 radical (unpaired) electrons. The van der Waals surface area contributed by atoms with Crippen molar-refractivity contribution in [1.82, 2.24) is 14.9 Å². The minimum Gasteiger partial charge on any atom is -0.480 e. The van der Waals surface area contributed by atoms with Gasteiger partial charge in [0.2, 0.25) is 0 Å². The van der Waals surface area contributed by atoms with Gasteiger partial charge in [0, 0.05) is 13.1 Å². The quantitative estimate of drug-likeness (QED) is 0.712. The molecular weight excluding hydrogens is 232 g/mol. The number of aromatic nitrogens is 2. The third-order valence-corrected chi connectivity index (χ3v) is 2.76. The van der Waals surface area contributed by atoms with Gasteiger partial charge in [-0.25, -0.2) is 4.98 Å². The fourth-order valence-electron chi connectivity index (χ4n) is 1.87. The Morgan fingerprint density at radius 2 is 2.39 bits per heavy atom.